The van der Waals surface area contributed by atoms with Gasteiger partial charge in [-0.15, -0.1) is 4.13 Å². The predicted octanol–water partition coefficient (Wildman–Crippen LogP) is 1.29. The molecule has 21 heavy (non-hydrogen) atoms. The lowest BCUT2D eigenvalue weighted by atomic mass is 10.2. The fourth-order valence-electron chi connectivity index (χ4n) is 0.938. The minimum absolute atomic E-state index is 0.201. The van der Waals surface area contributed by atoms with Crippen LogP contribution >= 0.6 is 0 Å². The molecule has 0 aromatic rings. The predicted molar refractivity (Wildman–Crippen MR) is 47.8 cm³/mol. The minimum atomic E-state index is -7.48. The van der Waals surface area contributed by atoms with E-state index in [9.17, 15) is 56.3 Å². The van der Waals surface area contributed by atoms with Gasteiger partial charge in [0.1, 0.15) is 0 Å². The standard InChI is InChI=1S/C5H4F9NO4S2/c1-20(16,17)15-21(18,19)3(8,5(12,13)14)2(6,7)4(9,10)11/h15H,1H3. The van der Waals surface area contributed by atoms with Gasteiger partial charge in [-0.05, 0) is 0 Å². The van der Waals surface area contributed by atoms with E-state index in [-0.39, 0.29) is 10.4 Å². The Labute approximate surface area is 111 Å². The minimum Gasteiger partial charge on any atom is -0.212 e. The molecule has 0 saturated heterocycles. The van der Waals surface area contributed by atoms with Gasteiger partial charge in [0.2, 0.25) is 10.0 Å². The van der Waals surface area contributed by atoms with Crippen molar-refractivity contribution in [1.82, 2.24) is 4.13 Å². The zero-order valence-corrected chi connectivity index (χ0v) is 11.0. The van der Waals surface area contributed by atoms with Gasteiger partial charge in [-0.1, -0.05) is 0 Å². The van der Waals surface area contributed by atoms with Crippen molar-refractivity contribution in [2.45, 2.75) is 23.3 Å². The maximum Gasteiger partial charge on any atom is 0.458 e. The molecule has 5 nitrogen and oxygen atoms in total. The molecular weight excluding hydrogens is 373 g/mol. The molecular formula is C5H4F9NO4S2. The summed E-state index contributed by atoms with van der Waals surface area (Å²) in [6.07, 6.45) is -14.8. The lowest BCUT2D eigenvalue weighted by Gasteiger charge is -2.34. The van der Waals surface area contributed by atoms with Crippen LogP contribution in [0.2, 0.25) is 0 Å². The Kier molecular flexibility index (Phi) is 4.69. The molecule has 0 rings (SSSR count). The highest BCUT2D eigenvalue weighted by Gasteiger charge is 2.87. The summed E-state index contributed by atoms with van der Waals surface area (Å²) in [6.45, 7) is 0. The molecule has 0 amide bonds. The van der Waals surface area contributed by atoms with Crippen LogP contribution in [0.4, 0.5) is 39.5 Å². The summed E-state index contributed by atoms with van der Waals surface area (Å²) in [5.74, 6) is -7.48. The number of rotatable bonds is 4. The first-order chi connectivity index (χ1) is 8.71. The van der Waals surface area contributed by atoms with Gasteiger partial charge in [0.05, 0.1) is 6.26 Å². The first kappa shape index (κ1) is 20.2. The van der Waals surface area contributed by atoms with Crippen LogP contribution in [0.5, 0.6) is 0 Å². The molecule has 1 unspecified atom stereocenters. The Morgan fingerprint density at radius 2 is 1.05 bits per heavy atom. The van der Waals surface area contributed by atoms with E-state index >= 15 is 0 Å². The second-order valence-electron chi connectivity index (χ2n) is 3.52. The average molecular weight is 377 g/mol. The molecule has 0 saturated carbocycles. The quantitative estimate of drug-likeness (QED) is 0.749. The molecule has 0 bridgehead atoms. The van der Waals surface area contributed by atoms with Gasteiger partial charge in [0.15, 0.2) is 0 Å². The van der Waals surface area contributed by atoms with Crippen molar-refractivity contribution in [3.63, 3.8) is 0 Å². The van der Waals surface area contributed by atoms with Crippen LogP contribution in [0.1, 0.15) is 0 Å². The average Bonchev–Trinajstić information content (AvgIpc) is 2.07. The van der Waals surface area contributed by atoms with Gasteiger partial charge in [-0.2, -0.15) is 35.1 Å². The number of hydrogen-bond donors (Lipinski definition) is 1. The first-order valence-corrected chi connectivity index (χ1v) is 7.51. The third kappa shape index (κ3) is 3.36. The van der Waals surface area contributed by atoms with Crippen LogP contribution in [0.25, 0.3) is 0 Å². The van der Waals surface area contributed by atoms with Crippen molar-refractivity contribution < 1.29 is 56.3 Å². The van der Waals surface area contributed by atoms with Gasteiger partial charge >= 0.3 is 23.3 Å². The van der Waals surface area contributed by atoms with E-state index in [4.69, 9.17) is 0 Å². The van der Waals surface area contributed by atoms with Gasteiger partial charge < -0.3 is 0 Å². The van der Waals surface area contributed by atoms with Crippen molar-refractivity contribution in [2.75, 3.05) is 6.26 Å². The van der Waals surface area contributed by atoms with E-state index in [1.54, 1.807) is 0 Å². The first-order valence-electron chi connectivity index (χ1n) is 4.14. The van der Waals surface area contributed by atoms with Gasteiger partial charge in [-0.3, -0.25) is 0 Å². The van der Waals surface area contributed by atoms with E-state index < -0.39 is 43.3 Å². The lowest BCUT2D eigenvalue weighted by Crippen LogP contribution is -2.68. The summed E-state index contributed by atoms with van der Waals surface area (Å²) in [5, 5.41) is -7.26. The zero-order valence-electron chi connectivity index (χ0n) is 9.35. The van der Waals surface area contributed by atoms with Gasteiger partial charge in [0.25, 0.3) is 10.0 Å². The van der Waals surface area contributed by atoms with Crippen molar-refractivity contribution in [1.29, 1.82) is 0 Å². The van der Waals surface area contributed by atoms with Crippen LogP contribution in [0.15, 0.2) is 0 Å². The molecule has 128 valence electrons. The number of alkyl halides is 9. The number of halogens is 9. The number of hydrogen-bond acceptors (Lipinski definition) is 4. The molecule has 0 heterocycles. The summed E-state index contributed by atoms with van der Waals surface area (Å²) in [5.41, 5.74) is 0. The summed E-state index contributed by atoms with van der Waals surface area (Å²) in [7, 11) is -12.7. The SMILES string of the molecule is CS(=O)(=O)NS(=O)(=O)C(F)(C(F)(F)F)C(F)(F)C(F)(F)F. The molecule has 0 radical (unpaired) electrons. The fraction of sp³-hybridized carbons (Fsp3) is 1.00. The molecule has 16 heteroatoms. The van der Waals surface area contributed by atoms with Crippen molar-refractivity contribution in [3.8, 4) is 0 Å². The van der Waals surface area contributed by atoms with Crippen molar-refractivity contribution >= 4 is 20.0 Å². The molecule has 1 N–H and O–H groups in total. The molecule has 0 aromatic heterocycles. The van der Waals surface area contributed by atoms with E-state index in [1.807, 2.05) is 0 Å². The maximum absolute atomic E-state index is 13.4. The second-order valence-corrected chi connectivity index (χ2v) is 7.30. The highest BCUT2D eigenvalue weighted by Crippen LogP contribution is 2.55. The third-order valence-electron chi connectivity index (χ3n) is 1.76. The van der Waals surface area contributed by atoms with E-state index in [2.05, 4.69) is 0 Å². The molecule has 0 spiro atoms. The van der Waals surface area contributed by atoms with Crippen molar-refractivity contribution in [2.24, 2.45) is 0 Å². The summed E-state index contributed by atoms with van der Waals surface area (Å²) in [6, 6.07) is 0. The molecule has 1 atom stereocenters. The maximum atomic E-state index is 13.4. The smallest absolute Gasteiger partial charge is 0.212 e. The summed E-state index contributed by atoms with van der Waals surface area (Å²) >= 11 is 0. The van der Waals surface area contributed by atoms with Gasteiger partial charge in [0, 0.05) is 0 Å². The van der Waals surface area contributed by atoms with E-state index in [1.165, 1.54) is 0 Å². The van der Waals surface area contributed by atoms with Gasteiger partial charge in [-0.25, -0.2) is 21.2 Å². The molecule has 0 fully saturated rings. The topological polar surface area (TPSA) is 80.3 Å². The molecule has 0 aliphatic rings. The second kappa shape index (κ2) is 4.87. The molecule has 0 aliphatic carbocycles. The van der Waals surface area contributed by atoms with E-state index in [0.717, 1.165) is 0 Å². The Bertz CT molecular complexity index is 603. The van der Waals surface area contributed by atoms with Crippen LogP contribution in [0.3, 0.4) is 0 Å². The largest absolute Gasteiger partial charge is 0.458 e. The van der Waals surface area contributed by atoms with Crippen molar-refractivity contribution in [3.05, 3.63) is 0 Å². The third-order valence-corrected chi connectivity index (χ3v) is 5.07. The zero-order chi connectivity index (χ0) is 17.7. The summed E-state index contributed by atoms with van der Waals surface area (Å²) in [4.78, 5) is 0. The Balaban J connectivity index is 6.56. The lowest BCUT2D eigenvalue weighted by molar-refractivity contribution is -0.358. The Hall–Kier alpha value is -0.770. The highest BCUT2D eigenvalue weighted by atomic mass is 32.3. The van der Waals surface area contributed by atoms with Crippen LogP contribution < -0.4 is 4.13 Å². The Morgan fingerprint density at radius 1 is 0.714 bits per heavy atom. The van der Waals surface area contributed by atoms with Crippen LogP contribution in [0, 0.1) is 0 Å². The van der Waals surface area contributed by atoms with Crippen LogP contribution in [-0.2, 0) is 20.0 Å². The summed E-state index contributed by atoms with van der Waals surface area (Å²) < 4.78 is 154. The highest BCUT2D eigenvalue weighted by molar-refractivity contribution is 8.05. The number of nitrogens with one attached hydrogen (secondary N) is 1. The Morgan fingerprint density at radius 3 is 1.24 bits per heavy atom. The monoisotopic (exact) mass is 377 g/mol. The number of sulfonamides is 2. The van der Waals surface area contributed by atoms with Crippen LogP contribution in [-0.4, -0.2) is 46.4 Å². The molecule has 0 aliphatic heterocycles. The van der Waals surface area contributed by atoms with E-state index in [0.29, 0.717) is 0 Å². The normalized spacial score (nSPS) is 18.4. The molecule has 0 aromatic carbocycles. The fourth-order valence-corrected chi connectivity index (χ4v) is 3.75.